The van der Waals surface area contributed by atoms with Gasteiger partial charge < -0.3 is 15.0 Å². The Morgan fingerprint density at radius 3 is 2.27 bits per heavy atom. The number of hydrogen-bond donors (Lipinski definition) is 1. The predicted molar refractivity (Wildman–Crippen MR) is 156 cm³/mol. The number of carbonyl (C=O) groups is 2. The Morgan fingerprint density at radius 2 is 1.62 bits per heavy atom. The van der Waals surface area contributed by atoms with Crippen LogP contribution in [0.15, 0.2) is 81.7 Å². The van der Waals surface area contributed by atoms with Gasteiger partial charge in [-0.25, -0.2) is 0 Å². The maximum atomic E-state index is 13.7. The zero-order chi connectivity index (χ0) is 26.6. The molecular formula is C30H34Br2N2O3. The van der Waals surface area contributed by atoms with E-state index < -0.39 is 6.04 Å². The quantitative estimate of drug-likeness (QED) is 0.214. The largest absolute Gasteiger partial charge is 0.483 e. The van der Waals surface area contributed by atoms with E-state index in [4.69, 9.17) is 4.74 Å². The molecule has 5 nitrogen and oxygen atoms in total. The third-order valence-electron chi connectivity index (χ3n) is 6.12. The number of halogens is 2. The lowest BCUT2D eigenvalue weighted by Gasteiger charge is -2.31. The van der Waals surface area contributed by atoms with Gasteiger partial charge in [-0.2, -0.15) is 0 Å². The fourth-order valence-corrected chi connectivity index (χ4v) is 4.76. The zero-order valence-electron chi connectivity index (χ0n) is 21.4. The van der Waals surface area contributed by atoms with Gasteiger partial charge in [-0.3, -0.25) is 9.59 Å². The summed E-state index contributed by atoms with van der Waals surface area (Å²) in [5, 5.41) is 3.04. The molecule has 0 saturated heterocycles. The Bertz CT molecular complexity index is 1150. The van der Waals surface area contributed by atoms with E-state index in [-0.39, 0.29) is 18.4 Å². The molecule has 7 heteroatoms. The first-order valence-corrected chi connectivity index (χ1v) is 14.3. The second kappa shape index (κ2) is 14.9. The van der Waals surface area contributed by atoms with Crippen molar-refractivity contribution in [3.05, 3.63) is 98.4 Å². The molecule has 196 valence electrons. The Labute approximate surface area is 236 Å². The van der Waals surface area contributed by atoms with Crippen molar-refractivity contribution in [2.45, 2.75) is 52.1 Å². The summed E-state index contributed by atoms with van der Waals surface area (Å²) in [6.07, 6.45) is 3.18. The van der Waals surface area contributed by atoms with Crippen molar-refractivity contribution in [1.82, 2.24) is 10.2 Å². The van der Waals surface area contributed by atoms with E-state index in [0.29, 0.717) is 25.3 Å². The van der Waals surface area contributed by atoms with Gasteiger partial charge in [0.05, 0.1) is 4.47 Å². The highest BCUT2D eigenvalue weighted by molar-refractivity contribution is 9.10. The molecule has 0 radical (unpaired) electrons. The van der Waals surface area contributed by atoms with Crippen LogP contribution in [0.5, 0.6) is 5.75 Å². The molecule has 0 aliphatic rings. The SMILES string of the molecule is CCCCNC(=O)C(Cc1ccccc1)N(Cc1ccc(Br)cc1)C(=O)COc1ccc(CC)cc1Br. The van der Waals surface area contributed by atoms with Crippen molar-refractivity contribution in [2.75, 3.05) is 13.2 Å². The molecule has 0 aliphatic heterocycles. The van der Waals surface area contributed by atoms with Crippen LogP contribution in [0.4, 0.5) is 0 Å². The van der Waals surface area contributed by atoms with Crippen molar-refractivity contribution in [2.24, 2.45) is 0 Å². The number of benzene rings is 3. The minimum absolute atomic E-state index is 0.156. The molecular weight excluding hydrogens is 596 g/mol. The van der Waals surface area contributed by atoms with E-state index in [9.17, 15) is 9.59 Å². The summed E-state index contributed by atoms with van der Waals surface area (Å²) in [5.41, 5.74) is 3.10. The normalized spacial score (nSPS) is 11.6. The van der Waals surface area contributed by atoms with Crippen LogP contribution in [0.1, 0.15) is 43.4 Å². The topological polar surface area (TPSA) is 58.6 Å². The van der Waals surface area contributed by atoms with Gasteiger partial charge in [0.1, 0.15) is 11.8 Å². The van der Waals surface area contributed by atoms with E-state index in [1.165, 1.54) is 5.56 Å². The second-order valence-electron chi connectivity index (χ2n) is 8.91. The highest BCUT2D eigenvalue weighted by Crippen LogP contribution is 2.26. The zero-order valence-corrected chi connectivity index (χ0v) is 24.6. The molecule has 0 bridgehead atoms. The molecule has 1 unspecified atom stereocenters. The average Bonchev–Trinajstić information content (AvgIpc) is 2.91. The molecule has 37 heavy (non-hydrogen) atoms. The van der Waals surface area contributed by atoms with Crippen LogP contribution < -0.4 is 10.1 Å². The maximum Gasteiger partial charge on any atom is 0.261 e. The highest BCUT2D eigenvalue weighted by Gasteiger charge is 2.30. The number of aryl methyl sites for hydroxylation is 1. The molecule has 1 N–H and O–H groups in total. The van der Waals surface area contributed by atoms with E-state index in [1.54, 1.807) is 4.90 Å². The molecule has 0 aliphatic carbocycles. The number of hydrogen-bond acceptors (Lipinski definition) is 3. The standard InChI is InChI=1S/C30H34Br2N2O3/c1-3-5-17-33-30(36)27(19-23-9-7-6-8-10-23)34(20-24-11-14-25(31)15-12-24)29(35)21-37-28-16-13-22(4-2)18-26(28)32/h6-16,18,27H,3-5,17,19-21H2,1-2H3,(H,33,36). The Balaban J connectivity index is 1.88. The van der Waals surface area contributed by atoms with Gasteiger partial charge in [0.15, 0.2) is 6.61 Å². The number of rotatable bonds is 13. The highest BCUT2D eigenvalue weighted by atomic mass is 79.9. The molecule has 3 aromatic rings. The molecule has 0 aromatic heterocycles. The summed E-state index contributed by atoms with van der Waals surface area (Å²) < 4.78 is 7.69. The molecule has 2 amide bonds. The second-order valence-corrected chi connectivity index (χ2v) is 10.7. The van der Waals surface area contributed by atoms with Gasteiger partial charge in [0, 0.05) is 24.0 Å². The lowest BCUT2D eigenvalue weighted by molar-refractivity contribution is -0.142. The first-order valence-electron chi connectivity index (χ1n) is 12.7. The molecule has 3 aromatic carbocycles. The molecule has 0 heterocycles. The van der Waals surface area contributed by atoms with Crippen LogP contribution in [0.25, 0.3) is 0 Å². The minimum atomic E-state index is -0.676. The van der Waals surface area contributed by atoms with E-state index in [2.05, 4.69) is 51.0 Å². The number of amides is 2. The van der Waals surface area contributed by atoms with Crippen LogP contribution >= 0.6 is 31.9 Å². The molecule has 0 spiro atoms. The Morgan fingerprint density at radius 1 is 0.919 bits per heavy atom. The smallest absolute Gasteiger partial charge is 0.261 e. The van der Waals surface area contributed by atoms with Crippen molar-refractivity contribution in [3.8, 4) is 5.75 Å². The summed E-state index contributed by atoms with van der Waals surface area (Å²) in [5.74, 6) is 0.193. The third-order valence-corrected chi connectivity index (χ3v) is 7.27. The van der Waals surface area contributed by atoms with Crippen molar-refractivity contribution < 1.29 is 14.3 Å². The monoisotopic (exact) mass is 628 g/mol. The maximum absolute atomic E-state index is 13.7. The van der Waals surface area contributed by atoms with Crippen molar-refractivity contribution in [3.63, 3.8) is 0 Å². The fourth-order valence-electron chi connectivity index (χ4n) is 3.95. The number of nitrogens with zero attached hydrogens (tertiary/aromatic N) is 1. The van der Waals surface area contributed by atoms with Gasteiger partial charge in [-0.05, 0) is 69.7 Å². The van der Waals surface area contributed by atoms with Crippen LogP contribution in [0.2, 0.25) is 0 Å². The van der Waals surface area contributed by atoms with Crippen LogP contribution in [0, 0.1) is 0 Å². The van der Waals surface area contributed by atoms with Crippen molar-refractivity contribution in [1.29, 1.82) is 0 Å². The first kappa shape index (κ1) is 28.9. The van der Waals surface area contributed by atoms with Crippen LogP contribution in [0.3, 0.4) is 0 Å². The van der Waals surface area contributed by atoms with Crippen molar-refractivity contribution >= 4 is 43.7 Å². The summed E-state index contributed by atoms with van der Waals surface area (Å²) in [6.45, 7) is 4.87. The predicted octanol–water partition coefficient (Wildman–Crippen LogP) is 6.71. The lowest BCUT2D eigenvalue weighted by Crippen LogP contribution is -2.51. The van der Waals surface area contributed by atoms with Crippen LogP contribution in [-0.2, 0) is 29.0 Å². The van der Waals surface area contributed by atoms with E-state index >= 15 is 0 Å². The van der Waals surface area contributed by atoms with Gasteiger partial charge in [0.25, 0.3) is 5.91 Å². The molecule has 0 saturated carbocycles. The van der Waals surface area contributed by atoms with Gasteiger partial charge in [0.2, 0.25) is 5.91 Å². The Hall–Kier alpha value is -2.64. The van der Waals surface area contributed by atoms with E-state index in [0.717, 1.165) is 39.3 Å². The summed E-state index contributed by atoms with van der Waals surface area (Å²) in [4.78, 5) is 28.8. The Kier molecular flexibility index (Phi) is 11.7. The average molecular weight is 630 g/mol. The van der Waals surface area contributed by atoms with Crippen LogP contribution in [-0.4, -0.2) is 35.9 Å². The van der Waals surface area contributed by atoms with E-state index in [1.807, 2.05) is 72.8 Å². The summed E-state index contributed by atoms with van der Waals surface area (Å²) in [6, 6.07) is 22.8. The number of carbonyl (C=O) groups excluding carboxylic acids is 2. The third kappa shape index (κ3) is 9.00. The fraction of sp³-hybridized carbons (Fsp3) is 0.333. The minimum Gasteiger partial charge on any atom is -0.483 e. The lowest BCUT2D eigenvalue weighted by atomic mass is 10.0. The summed E-state index contributed by atoms with van der Waals surface area (Å²) in [7, 11) is 0. The first-order chi connectivity index (χ1) is 17.9. The molecule has 0 fully saturated rings. The van der Waals surface area contributed by atoms with Gasteiger partial charge in [-0.15, -0.1) is 0 Å². The molecule has 3 rings (SSSR count). The summed E-state index contributed by atoms with van der Waals surface area (Å²) >= 11 is 7.02. The van der Waals surface area contributed by atoms with Gasteiger partial charge in [-0.1, -0.05) is 84.7 Å². The van der Waals surface area contributed by atoms with Gasteiger partial charge >= 0.3 is 0 Å². The molecule has 1 atom stereocenters. The number of ether oxygens (including phenoxy) is 1. The number of nitrogens with one attached hydrogen (secondary N) is 1. The number of unbranched alkanes of at least 4 members (excludes halogenated alkanes) is 1.